The molecule has 1 unspecified atom stereocenters. The normalized spacial score (nSPS) is 24.5. The van der Waals surface area contributed by atoms with Crippen LogP contribution in [-0.4, -0.2) is 28.2 Å². The van der Waals surface area contributed by atoms with E-state index in [1.54, 1.807) is 0 Å². The van der Waals surface area contributed by atoms with E-state index in [2.05, 4.69) is 0 Å². The molecular formula is C17H26O4. The minimum absolute atomic E-state index is 0.273. The van der Waals surface area contributed by atoms with Crippen molar-refractivity contribution in [2.24, 2.45) is 0 Å². The van der Waals surface area contributed by atoms with Gasteiger partial charge in [-0.2, -0.15) is 0 Å². The molecule has 1 aromatic rings. The molecule has 1 fully saturated rings. The van der Waals surface area contributed by atoms with Gasteiger partial charge in [-0.05, 0) is 71.1 Å². The summed E-state index contributed by atoms with van der Waals surface area (Å²) in [7, 11) is 0. The molecule has 4 heteroatoms. The Morgan fingerprint density at radius 3 is 2.05 bits per heavy atom. The van der Waals surface area contributed by atoms with Crippen molar-refractivity contribution in [1.29, 1.82) is 0 Å². The predicted molar refractivity (Wildman–Crippen MR) is 81.8 cm³/mol. The molecule has 0 radical (unpaired) electrons. The maximum Gasteiger partial charge on any atom is 0.163 e. The average Bonchev–Trinajstić information content (AvgIpc) is 2.68. The largest absolute Gasteiger partial charge is 0.507 e. The van der Waals surface area contributed by atoms with Crippen LogP contribution in [0.4, 0.5) is 0 Å². The van der Waals surface area contributed by atoms with E-state index < -0.39 is 5.79 Å². The summed E-state index contributed by atoms with van der Waals surface area (Å²) >= 11 is 0. The number of rotatable bonds is 3. The first-order chi connectivity index (χ1) is 9.56. The zero-order valence-electron chi connectivity index (χ0n) is 13.8. The van der Waals surface area contributed by atoms with E-state index in [9.17, 15) is 10.2 Å². The minimum atomic E-state index is -0.558. The second-order valence-electron chi connectivity index (χ2n) is 6.79. The maximum absolute atomic E-state index is 10.4. The Hall–Kier alpha value is -1.26. The van der Waals surface area contributed by atoms with E-state index in [-0.39, 0.29) is 17.1 Å². The number of phenolic OH excluding ortho intramolecular Hbond substituents is 2. The van der Waals surface area contributed by atoms with Crippen molar-refractivity contribution in [2.75, 3.05) is 6.61 Å². The molecule has 21 heavy (non-hydrogen) atoms. The van der Waals surface area contributed by atoms with Crippen LogP contribution in [0.3, 0.4) is 0 Å². The van der Waals surface area contributed by atoms with Crippen LogP contribution in [0.15, 0.2) is 0 Å². The Labute approximate surface area is 126 Å². The molecule has 0 amide bonds. The van der Waals surface area contributed by atoms with Gasteiger partial charge in [-0.25, -0.2) is 0 Å². The fourth-order valence-electron chi connectivity index (χ4n) is 2.98. The van der Waals surface area contributed by atoms with Crippen LogP contribution in [0.5, 0.6) is 11.5 Å². The van der Waals surface area contributed by atoms with Gasteiger partial charge in [0.25, 0.3) is 0 Å². The molecule has 1 heterocycles. The highest BCUT2D eigenvalue weighted by molar-refractivity contribution is 5.56. The summed E-state index contributed by atoms with van der Waals surface area (Å²) in [4.78, 5) is 0. The lowest BCUT2D eigenvalue weighted by atomic mass is 9.91. The number of phenols is 2. The Balaban J connectivity index is 2.22. The second-order valence-corrected chi connectivity index (χ2v) is 6.79. The van der Waals surface area contributed by atoms with Gasteiger partial charge in [0.05, 0.1) is 12.2 Å². The number of ether oxygens (including phenoxy) is 2. The van der Waals surface area contributed by atoms with Crippen LogP contribution >= 0.6 is 0 Å². The second kappa shape index (κ2) is 5.18. The summed E-state index contributed by atoms with van der Waals surface area (Å²) < 4.78 is 11.6. The fraction of sp³-hybridized carbons (Fsp3) is 0.647. The highest BCUT2D eigenvalue weighted by Crippen LogP contribution is 2.39. The van der Waals surface area contributed by atoms with Crippen molar-refractivity contribution in [2.45, 2.75) is 65.8 Å². The fourth-order valence-corrected chi connectivity index (χ4v) is 2.98. The zero-order chi connectivity index (χ0) is 16.0. The van der Waals surface area contributed by atoms with Crippen molar-refractivity contribution in [3.8, 4) is 11.5 Å². The van der Waals surface area contributed by atoms with Gasteiger partial charge in [0.2, 0.25) is 0 Å². The third-order valence-corrected chi connectivity index (χ3v) is 4.49. The lowest BCUT2D eigenvalue weighted by Gasteiger charge is -2.26. The lowest BCUT2D eigenvalue weighted by Crippen LogP contribution is -2.31. The van der Waals surface area contributed by atoms with Crippen molar-refractivity contribution in [3.05, 3.63) is 22.3 Å². The number of aromatic hydroxyl groups is 2. The summed E-state index contributed by atoms with van der Waals surface area (Å²) in [5.41, 5.74) is 2.66. The highest BCUT2D eigenvalue weighted by atomic mass is 16.7. The summed E-state index contributed by atoms with van der Waals surface area (Å²) in [5.74, 6) is -0.00378. The molecule has 1 saturated heterocycles. The van der Waals surface area contributed by atoms with Gasteiger partial charge in [0.1, 0.15) is 11.5 Å². The molecule has 118 valence electrons. The van der Waals surface area contributed by atoms with E-state index in [1.165, 1.54) is 0 Å². The Bertz CT molecular complexity index is 533. The van der Waals surface area contributed by atoms with Gasteiger partial charge in [-0.15, -0.1) is 0 Å². The molecule has 2 rings (SSSR count). The molecule has 1 aromatic carbocycles. The first-order valence-corrected chi connectivity index (χ1v) is 7.41. The monoisotopic (exact) mass is 294 g/mol. The quantitative estimate of drug-likeness (QED) is 0.838. The molecule has 2 N–H and O–H groups in total. The summed E-state index contributed by atoms with van der Waals surface area (Å²) in [6, 6.07) is 0. The molecule has 4 nitrogen and oxygen atoms in total. The van der Waals surface area contributed by atoms with E-state index in [0.717, 1.165) is 28.7 Å². The Kier molecular flexibility index (Phi) is 3.98. The third-order valence-electron chi connectivity index (χ3n) is 4.49. The molecular weight excluding hydrogens is 268 g/mol. The van der Waals surface area contributed by atoms with Crippen LogP contribution in [0.25, 0.3) is 0 Å². The number of benzene rings is 1. The van der Waals surface area contributed by atoms with Crippen molar-refractivity contribution in [1.82, 2.24) is 0 Å². The molecule has 0 aliphatic carbocycles. The van der Waals surface area contributed by atoms with Crippen LogP contribution in [-0.2, 0) is 15.9 Å². The van der Waals surface area contributed by atoms with Gasteiger partial charge in [0.15, 0.2) is 5.79 Å². The maximum atomic E-state index is 10.4. The van der Waals surface area contributed by atoms with E-state index >= 15 is 0 Å². The van der Waals surface area contributed by atoms with Gasteiger partial charge < -0.3 is 19.7 Å². The molecule has 1 aliphatic heterocycles. The van der Waals surface area contributed by atoms with E-state index in [4.69, 9.17) is 9.47 Å². The molecule has 1 aliphatic rings. The Morgan fingerprint density at radius 2 is 1.52 bits per heavy atom. The van der Waals surface area contributed by atoms with Gasteiger partial charge in [0, 0.05) is 5.56 Å². The van der Waals surface area contributed by atoms with Crippen LogP contribution in [0, 0.1) is 20.8 Å². The van der Waals surface area contributed by atoms with Crippen LogP contribution < -0.4 is 0 Å². The summed E-state index contributed by atoms with van der Waals surface area (Å²) in [5, 5.41) is 20.5. The summed E-state index contributed by atoms with van der Waals surface area (Å²) in [6.07, 6.45) is 1.37. The number of hydrogen-bond donors (Lipinski definition) is 2. The first-order valence-electron chi connectivity index (χ1n) is 7.41. The van der Waals surface area contributed by atoms with E-state index in [0.29, 0.717) is 13.0 Å². The van der Waals surface area contributed by atoms with E-state index in [1.807, 2.05) is 41.5 Å². The minimum Gasteiger partial charge on any atom is -0.507 e. The van der Waals surface area contributed by atoms with Crippen molar-refractivity contribution >= 4 is 0 Å². The Morgan fingerprint density at radius 1 is 0.952 bits per heavy atom. The van der Waals surface area contributed by atoms with Gasteiger partial charge in [-0.3, -0.25) is 0 Å². The molecule has 0 saturated carbocycles. The summed E-state index contributed by atoms with van der Waals surface area (Å²) in [6.45, 7) is 11.9. The SMILES string of the molecule is Cc1c(C)c(O)c(CCC2(C)COC(C)(C)O2)c(C)c1O. The third kappa shape index (κ3) is 3.01. The first kappa shape index (κ1) is 16.1. The van der Waals surface area contributed by atoms with Crippen LogP contribution in [0.2, 0.25) is 0 Å². The predicted octanol–water partition coefficient (Wildman–Crippen LogP) is 3.50. The molecule has 0 bridgehead atoms. The molecule has 0 aromatic heterocycles. The van der Waals surface area contributed by atoms with Crippen molar-refractivity contribution < 1.29 is 19.7 Å². The van der Waals surface area contributed by atoms with Crippen LogP contribution in [0.1, 0.15) is 49.4 Å². The average molecular weight is 294 g/mol. The van der Waals surface area contributed by atoms with Crippen molar-refractivity contribution in [3.63, 3.8) is 0 Å². The zero-order valence-corrected chi connectivity index (χ0v) is 13.8. The van der Waals surface area contributed by atoms with Gasteiger partial charge >= 0.3 is 0 Å². The van der Waals surface area contributed by atoms with Gasteiger partial charge in [-0.1, -0.05) is 0 Å². The number of hydrogen-bond acceptors (Lipinski definition) is 4. The molecule has 1 atom stereocenters. The lowest BCUT2D eigenvalue weighted by molar-refractivity contribution is -0.158. The highest BCUT2D eigenvalue weighted by Gasteiger charge is 2.41. The smallest absolute Gasteiger partial charge is 0.163 e. The molecule has 0 spiro atoms. The standard InChI is InChI=1S/C17H26O4/c1-10-11(2)15(19)13(12(3)14(10)18)7-8-17(6)9-20-16(4,5)21-17/h18-19H,7-9H2,1-6H3. The topological polar surface area (TPSA) is 58.9 Å².